The van der Waals surface area contributed by atoms with Gasteiger partial charge in [0.05, 0.1) is 40.3 Å². The van der Waals surface area contributed by atoms with E-state index in [4.69, 9.17) is 14.2 Å². The lowest BCUT2D eigenvalue weighted by Gasteiger charge is -2.34. The highest BCUT2D eigenvalue weighted by molar-refractivity contribution is 5.70. The molecule has 2 atom stereocenters. The summed E-state index contributed by atoms with van der Waals surface area (Å²) in [5, 5.41) is 11.6. The van der Waals surface area contributed by atoms with Crippen molar-refractivity contribution in [1.29, 1.82) is 0 Å². The minimum atomic E-state index is -1.14. The van der Waals surface area contributed by atoms with Gasteiger partial charge in [0.25, 0.3) is 0 Å². The molecule has 0 bridgehead atoms. The van der Waals surface area contributed by atoms with Crippen LogP contribution in [0.15, 0.2) is 72.9 Å². The van der Waals surface area contributed by atoms with Crippen LogP contribution in [-0.4, -0.2) is 75.5 Å². The van der Waals surface area contributed by atoms with E-state index in [0.29, 0.717) is 12.8 Å². The van der Waals surface area contributed by atoms with Crippen LogP contribution in [0.5, 0.6) is 0 Å². The minimum Gasteiger partial charge on any atom is -0.544 e. The third kappa shape index (κ3) is 38.1. The van der Waals surface area contributed by atoms with E-state index in [9.17, 15) is 19.5 Å². The highest BCUT2D eigenvalue weighted by atomic mass is 16.6. The Hall–Kier alpha value is -3.23. The Kier molecular flexibility index (Phi) is 37.3. The number of rotatable bonds is 39. The highest BCUT2D eigenvalue weighted by Gasteiger charge is 2.25. The number of carbonyl (C=O) groups excluding carboxylic acids is 3. The van der Waals surface area contributed by atoms with Crippen LogP contribution in [0, 0.1) is 0 Å². The number of hydrogen-bond donors (Lipinski definition) is 0. The molecular weight excluding hydrogens is 715 g/mol. The number of hydrogen-bond acceptors (Lipinski definition) is 7. The smallest absolute Gasteiger partial charge is 0.306 e. The molecule has 0 aromatic heterocycles. The van der Waals surface area contributed by atoms with E-state index in [2.05, 4.69) is 74.6 Å². The zero-order valence-corrected chi connectivity index (χ0v) is 37.0. The van der Waals surface area contributed by atoms with E-state index in [1.807, 2.05) is 12.2 Å². The van der Waals surface area contributed by atoms with Gasteiger partial charge < -0.3 is 28.6 Å². The summed E-state index contributed by atoms with van der Waals surface area (Å²) in [6.07, 6.45) is 49.4. The Morgan fingerprint density at radius 2 is 1.02 bits per heavy atom. The number of quaternary nitrogens is 1. The number of ether oxygens (including phenoxy) is 3. The third-order valence-corrected chi connectivity index (χ3v) is 9.59. The summed E-state index contributed by atoms with van der Waals surface area (Å²) in [6.45, 7) is 4.45. The maximum atomic E-state index is 12.7. The summed E-state index contributed by atoms with van der Waals surface area (Å²) in [6, 6.07) is -0.742. The van der Waals surface area contributed by atoms with Gasteiger partial charge in [-0.25, -0.2) is 0 Å². The minimum absolute atomic E-state index is 0.00647. The predicted octanol–water partition coefficient (Wildman–Crippen LogP) is 11.0. The molecule has 0 rings (SSSR count). The number of likely N-dealkylation sites (N-methyl/N-ethyl adjacent to an activating group) is 1. The monoisotopic (exact) mass is 798 g/mol. The van der Waals surface area contributed by atoms with Crippen molar-refractivity contribution in [2.75, 3.05) is 41.0 Å². The van der Waals surface area contributed by atoms with Crippen LogP contribution in [-0.2, 0) is 28.6 Å². The Balaban J connectivity index is 4.45. The van der Waals surface area contributed by atoms with Gasteiger partial charge in [-0.3, -0.25) is 9.59 Å². The quantitative estimate of drug-likeness (QED) is 0.0264. The van der Waals surface area contributed by atoms with Gasteiger partial charge in [-0.2, -0.15) is 0 Å². The van der Waals surface area contributed by atoms with Gasteiger partial charge in [-0.1, -0.05) is 151 Å². The fourth-order valence-electron chi connectivity index (χ4n) is 6.11. The number of carboxylic acids is 1. The van der Waals surface area contributed by atoms with Crippen molar-refractivity contribution in [3.63, 3.8) is 0 Å². The number of carboxylic acid groups (broad SMARTS) is 1. The topological polar surface area (TPSA) is 102 Å². The molecule has 0 saturated carbocycles. The van der Waals surface area contributed by atoms with Gasteiger partial charge in [0.1, 0.15) is 12.6 Å². The third-order valence-electron chi connectivity index (χ3n) is 9.59. The van der Waals surface area contributed by atoms with Gasteiger partial charge in [0.15, 0.2) is 6.10 Å². The molecule has 0 amide bonds. The molecular formula is C49H83NO7. The van der Waals surface area contributed by atoms with Crippen LogP contribution in [0.25, 0.3) is 0 Å². The Morgan fingerprint density at radius 3 is 1.53 bits per heavy atom. The first-order valence-electron chi connectivity index (χ1n) is 22.5. The van der Waals surface area contributed by atoms with Crippen LogP contribution in [0.2, 0.25) is 0 Å². The Labute approximate surface area is 349 Å². The lowest BCUT2D eigenvalue weighted by molar-refractivity contribution is -0.889. The van der Waals surface area contributed by atoms with Crippen LogP contribution in [0.4, 0.5) is 0 Å². The molecule has 326 valence electrons. The van der Waals surface area contributed by atoms with Gasteiger partial charge in [-0.15, -0.1) is 0 Å². The molecule has 0 aliphatic carbocycles. The maximum Gasteiger partial charge on any atom is 0.306 e. The van der Waals surface area contributed by atoms with Crippen LogP contribution in [0.3, 0.4) is 0 Å². The van der Waals surface area contributed by atoms with E-state index in [-0.39, 0.29) is 43.1 Å². The summed E-state index contributed by atoms with van der Waals surface area (Å²) >= 11 is 0. The standard InChI is InChI=1S/C49H83NO7/c1-6-8-10-12-14-16-18-20-22-24-26-27-29-31-33-35-37-39-47(51)56-44-45(43-55-42-41-46(49(53)54)50(3,4)5)57-48(52)40-38-36-34-32-30-28-25-23-21-19-17-15-13-11-9-7-2/h9,11,15,17,20-23,28,30,34,36,45-46H,6-8,10,12-14,16,18-19,24-27,29,31-33,35,37-44H2,1-5H3/b11-9+,17-15+,22-20+,23-21+,30-28+,36-34+. The van der Waals surface area contributed by atoms with Crippen LogP contribution >= 0.6 is 0 Å². The summed E-state index contributed by atoms with van der Waals surface area (Å²) in [5.41, 5.74) is 0. The molecule has 0 N–H and O–H groups in total. The first-order valence-corrected chi connectivity index (χ1v) is 22.5. The van der Waals surface area contributed by atoms with E-state index >= 15 is 0 Å². The Bertz CT molecular complexity index is 1160. The summed E-state index contributed by atoms with van der Waals surface area (Å²) in [7, 11) is 5.37. The second kappa shape index (κ2) is 39.6. The first-order chi connectivity index (χ1) is 27.6. The van der Waals surface area contributed by atoms with Crippen molar-refractivity contribution in [3.8, 4) is 0 Å². The van der Waals surface area contributed by atoms with Crippen molar-refractivity contribution < 1.29 is 38.2 Å². The molecule has 0 saturated heterocycles. The van der Waals surface area contributed by atoms with E-state index in [1.165, 1.54) is 77.0 Å². The lowest BCUT2D eigenvalue weighted by Crippen LogP contribution is -2.55. The molecule has 0 fully saturated rings. The van der Waals surface area contributed by atoms with Crippen LogP contribution < -0.4 is 5.11 Å². The Morgan fingerprint density at radius 1 is 0.544 bits per heavy atom. The van der Waals surface area contributed by atoms with Gasteiger partial charge in [-0.05, 0) is 70.6 Å². The van der Waals surface area contributed by atoms with E-state index in [0.717, 1.165) is 51.4 Å². The molecule has 0 aromatic carbocycles. The fraction of sp³-hybridized carbons (Fsp3) is 0.694. The molecule has 0 aromatic rings. The summed E-state index contributed by atoms with van der Waals surface area (Å²) in [5.74, 6) is -1.85. The number of nitrogens with zero attached hydrogens (tertiary/aromatic N) is 1. The SMILES string of the molecule is CC/C=C/C/C=C/C/C=C/C/C=C/C/C=C/CCC(=O)OC(COCCC(C(=O)[O-])[N+](C)(C)C)COC(=O)CCCCCCCCC/C=C/CCCCCCCC. The van der Waals surface area contributed by atoms with Crippen molar-refractivity contribution >= 4 is 17.9 Å². The molecule has 0 radical (unpaired) electrons. The lowest BCUT2D eigenvalue weighted by atomic mass is 10.1. The van der Waals surface area contributed by atoms with Crippen molar-refractivity contribution in [2.24, 2.45) is 0 Å². The van der Waals surface area contributed by atoms with Crippen molar-refractivity contribution in [1.82, 2.24) is 0 Å². The zero-order valence-electron chi connectivity index (χ0n) is 37.0. The maximum absolute atomic E-state index is 12.7. The molecule has 0 aliphatic heterocycles. The number of aliphatic carboxylic acids is 1. The average Bonchev–Trinajstić information content (AvgIpc) is 3.17. The zero-order chi connectivity index (χ0) is 42.1. The van der Waals surface area contributed by atoms with E-state index in [1.54, 1.807) is 21.1 Å². The number of allylic oxidation sites excluding steroid dienone is 12. The van der Waals surface area contributed by atoms with Crippen molar-refractivity contribution in [2.45, 2.75) is 180 Å². The summed E-state index contributed by atoms with van der Waals surface area (Å²) < 4.78 is 17.1. The second-order valence-corrected chi connectivity index (χ2v) is 15.9. The molecule has 0 heterocycles. The second-order valence-electron chi connectivity index (χ2n) is 15.9. The van der Waals surface area contributed by atoms with Gasteiger partial charge in [0, 0.05) is 19.3 Å². The molecule has 0 aliphatic rings. The van der Waals surface area contributed by atoms with Gasteiger partial charge >= 0.3 is 11.9 Å². The molecule has 2 unspecified atom stereocenters. The van der Waals surface area contributed by atoms with Crippen LogP contribution in [0.1, 0.15) is 168 Å². The normalized spacial score (nSPS) is 13.6. The van der Waals surface area contributed by atoms with Gasteiger partial charge in [0.2, 0.25) is 0 Å². The molecule has 8 nitrogen and oxygen atoms in total. The van der Waals surface area contributed by atoms with E-state index < -0.39 is 24.1 Å². The first kappa shape index (κ1) is 53.8. The average molecular weight is 798 g/mol. The number of unbranched alkanes of at least 4 members (excludes halogenated alkanes) is 13. The predicted molar refractivity (Wildman–Crippen MR) is 235 cm³/mol. The van der Waals surface area contributed by atoms with Crippen molar-refractivity contribution in [3.05, 3.63) is 72.9 Å². The molecule has 57 heavy (non-hydrogen) atoms. The molecule has 8 heteroatoms. The number of carbonyl (C=O) groups is 3. The highest BCUT2D eigenvalue weighted by Crippen LogP contribution is 2.13. The largest absolute Gasteiger partial charge is 0.544 e. The fourth-order valence-corrected chi connectivity index (χ4v) is 6.11. The number of esters is 2. The molecule has 0 spiro atoms. The summed E-state index contributed by atoms with van der Waals surface area (Å²) in [4.78, 5) is 36.8.